The largest absolute Gasteiger partial charge is 0.493 e. The van der Waals surface area contributed by atoms with Crippen LogP contribution in [0.2, 0.25) is 0 Å². The Balaban J connectivity index is 1.86. The van der Waals surface area contributed by atoms with Crippen LogP contribution in [0.5, 0.6) is 5.75 Å². The molecule has 132 valence electrons. The molecule has 0 aliphatic heterocycles. The highest BCUT2D eigenvalue weighted by Crippen LogP contribution is 2.27. The van der Waals surface area contributed by atoms with Gasteiger partial charge >= 0.3 is 0 Å². The van der Waals surface area contributed by atoms with Gasteiger partial charge in [-0.05, 0) is 35.4 Å². The number of hydrogen-bond acceptors (Lipinski definition) is 5. The van der Waals surface area contributed by atoms with E-state index in [1.165, 1.54) is 12.1 Å². The van der Waals surface area contributed by atoms with Gasteiger partial charge in [-0.15, -0.1) is 0 Å². The first-order valence-corrected chi connectivity index (χ1v) is 8.37. The molecule has 0 heterocycles. The van der Waals surface area contributed by atoms with Crippen LogP contribution < -0.4 is 10.2 Å². The zero-order chi connectivity index (χ0) is 18.4. The molecule has 0 unspecified atom stereocenters. The zero-order valence-electron chi connectivity index (χ0n) is 14.4. The lowest BCUT2D eigenvalue weighted by Crippen LogP contribution is -2.00. The molecule has 0 aliphatic rings. The number of nitrogens with one attached hydrogen (secondary N) is 1. The number of nitrogens with zero attached hydrogens (tertiary/aromatic N) is 2. The van der Waals surface area contributed by atoms with Gasteiger partial charge < -0.3 is 4.74 Å². The van der Waals surface area contributed by atoms with Gasteiger partial charge in [-0.1, -0.05) is 37.3 Å². The Morgan fingerprint density at radius 1 is 1.12 bits per heavy atom. The molecule has 6 nitrogen and oxygen atoms in total. The third-order valence-corrected chi connectivity index (χ3v) is 3.86. The molecule has 0 bridgehead atoms. The molecule has 3 aromatic carbocycles. The molecule has 3 rings (SSSR count). The summed E-state index contributed by atoms with van der Waals surface area (Å²) in [6.45, 7) is 2.69. The monoisotopic (exact) mass is 349 g/mol. The molecule has 1 N–H and O–H groups in total. The zero-order valence-corrected chi connectivity index (χ0v) is 14.4. The summed E-state index contributed by atoms with van der Waals surface area (Å²) in [6, 6.07) is 18.1. The minimum Gasteiger partial charge on any atom is -0.493 e. The Kier molecular flexibility index (Phi) is 5.43. The van der Waals surface area contributed by atoms with Gasteiger partial charge in [0.1, 0.15) is 5.75 Å². The van der Waals surface area contributed by atoms with Crippen molar-refractivity contribution in [2.24, 2.45) is 5.10 Å². The molecular weight excluding hydrogens is 330 g/mol. The first kappa shape index (κ1) is 17.4. The van der Waals surface area contributed by atoms with Crippen molar-refractivity contribution >= 4 is 28.4 Å². The Labute approximate surface area is 151 Å². The average molecular weight is 349 g/mol. The average Bonchev–Trinajstić information content (AvgIpc) is 2.67. The van der Waals surface area contributed by atoms with Crippen LogP contribution in [0.25, 0.3) is 10.8 Å². The van der Waals surface area contributed by atoms with Crippen molar-refractivity contribution in [3.05, 3.63) is 76.3 Å². The second-order valence-corrected chi connectivity index (χ2v) is 5.72. The van der Waals surface area contributed by atoms with E-state index in [2.05, 4.69) is 17.5 Å². The SMILES string of the molecule is CCCOc1ccc2ccccc2c1/C=N/Nc1ccc([N+](=O)[O-])cc1. The van der Waals surface area contributed by atoms with Gasteiger partial charge in [-0.3, -0.25) is 15.5 Å². The van der Waals surface area contributed by atoms with Crippen LogP contribution >= 0.6 is 0 Å². The maximum Gasteiger partial charge on any atom is 0.269 e. The fraction of sp³-hybridized carbons (Fsp3) is 0.150. The van der Waals surface area contributed by atoms with Crippen molar-refractivity contribution in [3.63, 3.8) is 0 Å². The minimum absolute atomic E-state index is 0.0452. The number of benzene rings is 3. The van der Waals surface area contributed by atoms with E-state index in [4.69, 9.17) is 4.74 Å². The Morgan fingerprint density at radius 3 is 2.62 bits per heavy atom. The molecule has 0 saturated heterocycles. The molecular formula is C20H19N3O3. The molecule has 0 spiro atoms. The number of non-ortho nitro benzene ring substituents is 1. The van der Waals surface area contributed by atoms with Gasteiger partial charge in [0.2, 0.25) is 0 Å². The van der Waals surface area contributed by atoms with Gasteiger partial charge in [0.15, 0.2) is 0 Å². The van der Waals surface area contributed by atoms with Crippen LogP contribution in [-0.4, -0.2) is 17.7 Å². The van der Waals surface area contributed by atoms with E-state index >= 15 is 0 Å². The van der Waals surface area contributed by atoms with E-state index in [1.54, 1.807) is 18.3 Å². The van der Waals surface area contributed by atoms with Crippen molar-refractivity contribution in [2.45, 2.75) is 13.3 Å². The molecule has 3 aromatic rings. The van der Waals surface area contributed by atoms with Crippen LogP contribution in [-0.2, 0) is 0 Å². The Morgan fingerprint density at radius 2 is 1.88 bits per heavy atom. The standard InChI is InChI=1S/C20H19N3O3/c1-2-13-26-20-12-7-15-5-3-4-6-18(15)19(20)14-21-22-16-8-10-17(11-9-16)23(24)25/h3-12,14,22H,2,13H2,1H3/b21-14+. The number of nitro benzene ring substituents is 1. The van der Waals surface area contributed by atoms with Gasteiger partial charge in [-0.25, -0.2) is 0 Å². The normalized spacial score (nSPS) is 11.0. The van der Waals surface area contributed by atoms with E-state index in [0.29, 0.717) is 12.3 Å². The highest BCUT2D eigenvalue weighted by atomic mass is 16.6. The fourth-order valence-corrected chi connectivity index (χ4v) is 2.58. The van der Waals surface area contributed by atoms with Crippen LogP contribution in [0.3, 0.4) is 0 Å². The summed E-state index contributed by atoms with van der Waals surface area (Å²) in [5.41, 5.74) is 4.51. The number of nitro groups is 1. The molecule has 26 heavy (non-hydrogen) atoms. The van der Waals surface area contributed by atoms with E-state index in [9.17, 15) is 10.1 Å². The predicted octanol–water partition coefficient (Wildman–Crippen LogP) is 4.98. The number of rotatable bonds is 7. The number of ether oxygens (including phenoxy) is 1. The smallest absolute Gasteiger partial charge is 0.269 e. The van der Waals surface area contributed by atoms with Gasteiger partial charge in [0.25, 0.3) is 5.69 Å². The lowest BCUT2D eigenvalue weighted by molar-refractivity contribution is -0.384. The van der Waals surface area contributed by atoms with Crippen molar-refractivity contribution in [3.8, 4) is 5.75 Å². The fourth-order valence-electron chi connectivity index (χ4n) is 2.58. The molecule has 0 aromatic heterocycles. The number of fused-ring (bicyclic) bond motifs is 1. The lowest BCUT2D eigenvalue weighted by atomic mass is 10.0. The third kappa shape index (κ3) is 3.97. The van der Waals surface area contributed by atoms with Crippen LogP contribution in [0.4, 0.5) is 11.4 Å². The minimum atomic E-state index is -0.430. The summed E-state index contributed by atoms with van der Waals surface area (Å²) in [5, 5.41) is 17.1. The maximum atomic E-state index is 10.7. The topological polar surface area (TPSA) is 76.8 Å². The second kappa shape index (κ2) is 8.11. The summed E-state index contributed by atoms with van der Waals surface area (Å²) >= 11 is 0. The van der Waals surface area contributed by atoms with E-state index < -0.39 is 4.92 Å². The molecule has 0 aliphatic carbocycles. The highest BCUT2D eigenvalue weighted by molar-refractivity contribution is 6.02. The summed E-state index contributed by atoms with van der Waals surface area (Å²) in [6.07, 6.45) is 2.64. The molecule has 6 heteroatoms. The summed E-state index contributed by atoms with van der Waals surface area (Å²) in [7, 11) is 0. The summed E-state index contributed by atoms with van der Waals surface area (Å²) in [5.74, 6) is 0.778. The van der Waals surface area contributed by atoms with Gasteiger partial charge in [-0.2, -0.15) is 5.10 Å². The van der Waals surface area contributed by atoms with Crippen molar-refractivity contribution in [1.82, 2.24) is 0 Å². The first-order chi connectivity index (χ1) is 12.7. The molecule has 0 radical (unpaired) electrons. The quantitative estimate of drug-likeness (QED) is 0.371. The van der Waals surface area contributed by atoms with Gasteiger partial charge in [0.05, 0.1) is 23.4 Å². The van der Waals surface area contributed by atoms with Crippen LogP contribution in [0.15, 0.2) is 65.8 Å². The Bertz CT molecular complexity index is 937. The summed E-state index contributed by atoms with van der Waals surface area (Å²) in [4.78, 5) is 10.3. The van der Waals surface area contributed by atoms with E-state index in [1.807, 2.05) is 36.4 Å². The highest BCUT2D eigenvalue weighted by Gasteiger charge is 2.07. The number of anilines is 1. The van der Waals surface area contributed by atoms with E-state index in [0.717, 1.165) is 28.5 Å². The first-order valence-electron chi connectivity index (χ1n) is 8.37. The van der Waals surface area contributed by atoms with Crippen molar-refractivity contribution < 1.29 is 9.66 Å². The number of hydrogen-bond donors (Lipinski definition) is 1. The molecule has 0 atom stereocenters. The Hall–Kier alpha value is -3.41. The van der Waals surface area contributed by atoms with E-state index in [-0.39, 0.29) is 5.69 Å². The molecule has 0 saturated carbocycles. The molecule has 0 fully saturated rings. The third-order valence-electron chi connectivity index (χ3n) is 3.86. The van der Waals surface area contributed by atoms with Crippen LogP contribution in [0, 0.1) is 10.1 Å². The molecule has 0 amide bonds. The summed E-state index contributed by atoms with van der Waals surface area (Å²) < 4.78 is 5.85. The van der Waals surface area contributed by atoms with Crippen molar-refractivity contribution in [2.75, 3.05) is 12.0 Å². The number of hydrazone groups is 1. The predicted molar refractivity (Wildman–Crippen MR) is 104 cm³/mol. The van der Waals surface area contributed by atoms with Gasteiger partial charge in [0, 0.05) is 17.7 Å². The second-order valence-electron chi connectivity index (χ2n) is 5.72. The van der Waals surface area contributed by atoms with Crippen LogP contribution in [0.1, 0.15) is 18.9 Å². The lowest BCUT2D eigenvalue weighted by Gasteiger charge is -2.11. The van der Waals surface area contributed by atoms with Crippen molar-refractivity contribution in [1.29, 1.82) is 0 Å². The maximum absolute atomic E-state index is 10.7.